The van der Waals surface area contributed by atoms with E-state index in [4.69, 9.17) is 9.15 Å². The number of amides is 1. The number of fused-ring (bicyclic) bond motifs is 1. The minimum absolute atomic E-state index is 0.205. The molecule has 0 aliphatic rings. The van der Waals surface area contributed by atoms with Crippen molar-refractivity contribution < 1.29 is 13.9 Å². The van der Waals surface area contributed by atoms with Crippen molar-refractivity contribution in [2.24, 2.45) is 0 Å². The summed E-state index contributed by atoms with van der Waals surface area (Å²) in [4.78, 5) is 26.3. The molecular formula is C30H23NO4. The van der Waals surface area contributed by atoms with Crippen molar-refractivity contribution in [1.29, 1.82) is 0 Å². The van der Waals surface area contributed by atoms with Crippen LogP contribution in [0.15, 0.2) is 118 Å². The molecule has 1 aromatic heterocycles. The number of nitrogens with one attached hydrogen (secondary N) is 1. The van der Waals surface area contributed by atoms with E-state index < -0.39 is 11.5 Å². The second-order valence-electron chi connectivity index (χ2n) is 8.14. The maximum atomic E-state index is 13.6. The summed E-state index contributed by atoms with van der Waals surface area (Å²) in [5.74, 6) is -0.230. The molecule has 5 nitrogen and oxygen atoms in total. The standard InChI is InChI=1S/C30H23NO4/c1-34-27-17-16-22(24-18-23-14-8-9-15-26(23)35-30(24)33)19-25(27)31-29(32)28(20-10-4-2-5-11-20)21-12-6-3-7-13-21/h2-19,28H,1H3,(H,31,32). The highest BCUT2D eigenvalue weighted by molar-refractivity contribution is 6.00. The van der Waals surface area contributed by atoms with Crippen LogP contribution in [0, 0.1) is 0 Å². The van der Waals surface area contributed by atoms with Gasteiger partial charge in [0.15, 0.2) is 0 Å². The Morgan fingerprint density at radius 3 is 2.09 bits per heavy atom. The summed E-state index contributed by atoms with van der Waals surface area (Å²) < 4.78 is 11.0. The third-order valence-electron chi connectivity index (χ3n) is 5.94. The fourth-order valence-electron chi connectivity index (χ4n) is 4.23. The van der Waals surface area contributed by atoms with Gasteiger partial charge in [0.05, 0.1) is 24.3 Å². The van der Waals surface area contributed by atoms with Crippen molar-refractivity contribution >= 4 is 22.6 Å². The minimum Gasteiger partial charge on any atom is -0.495 e. The van der Waals surface area contributed by atoms with E-state index >= 15 is 0 Å². The lowest BCUT2D eigenvalue weighted by Crippen LogP contribution is -2.22. The van der Waals surface area contributed by atoms with E-state index in [1.807, 2.05) is 78.9 Å². The van der Waals surface area contributed by atoms with E-state index in [1.165, 1.54) is 0 Å². The minimum atomic E-state index is -0.517. The molecule has 0 spiro atoms. The molecule has 0 aliphatic heterocycles. The largest absolute Gasteiger partial charge is 0.495 e. The molecule has 1 amide bonds. The number of hydrogen-bond donors (Lipinski definition) is 1. The van der Waals surface area contributed by atoms with Gasteiger partial charge in [0.2, 0.25) is 5.91 Å². The molecule has 5 heteroatoms. The van der Waals surface area contributed by atoms with Crippen LogP contribution in [0.5, 0.6) is 5.75 Å². The van der Waals surface area contributed by atoms with Crippen molar-refractivity contribution in [2.45, 2.75) is 5.92 Å². The van der Waals surface area contributed by atoms with Crippen LogP contribution in [0.3, 0.4) is 0 Å². The van der Waals surface area contributed by atoms with Crippen LogP contribution in [0.25, 0.3) is 22.1 Å². The maximum absolute atomic E-state index is 13.6. The Morgan fingerprint density at radius 2 is 1.43 bits per heavy atom. The summed E-state index contributed by atoms with van der Waals surface area (Å²) in [5, 5.41) is 3.85. The van der Waals surface area contributed by atoms with E-state index in [1.54, 1.807) is 37.4 Å². The van der Waals surface area contributed by atoms with Crippen LogP contribution in [0.1, 0.15) is 17.0 Å². The van der Waals surface area contributed by atoms with Crippen LogP contribution in [-0.2, 0) is 4.79 Å². The lowest BCUT2D eigenvalue weighted by Gasteiger charge is -2.19. The van der Waals surface area contributed by atoms with Crippen LogP contribution in [0.4, 0.5) is 5.69 Å². The van der Waals surface area contributed by atoms with E-state index in [-0.39, 0.29) is 5.91 Å². The van der Waals surface area contributed by atoms with E-state index in [0.717, 1.165) is 16.5 Å². The Kier molecular flexibility index (Phi) is 6.14. The quantitative estimate of drug-likeness (QED) is 0.304. The zero-order valence-corrected chi connectivity index (χ0v) is 19.1. The lowest BCUT2D eigenvalue weighted by atomic mass is 9.90. The van der Waals surface area contributed by atoms with Gasteiger partial charge >= 0.3 is 5.63 Å². The monoisotopic (exact) mass is 461 g/mol. The first-order valence-corrected chi connectivity index (χ1v) is 11.3. The van der Waals surface area contributed by atoms with Crippen LogP contribution in [-0.4, -0.2) is 13.0 Å². The average molecular weight is 462 g/mol. The number of carbonyl (C=O) groups is 1. The summed E-state index contributed by atoms with van der Waals surface area (Å²) in [6, 6.07) is 33.7. The molecular weight excluding hydrogens is 438 g/mol. The summed E-state index contributed by atoms with van der Waals surface area (Å²) in [6.07, 6.45) is 0. The molecule has 5 rings (SSSR count). The summed E-state index contributed by atoms with van der Waals surface area (Å²) in [6.45, 7) is 0. The maximum Gasteiger partial charge on any atom is 0.344 e. The highest BCUT2D eigenvalue weighted by atomic mass is 16.5. The van der Waals surface area contributed by atoms with Crippen molar-refractivity contribution in [3.05, 3.63) is 131 Å². The molecule has 1 N–H and O–H groups in total. The smallest absolute Gasteiger partial charge is 0.344 e. The molecule has 0 radical (unpaired) electrons. The number of anilines is 1. The van der Waals surface area contributed by atoms with Crippen LogP contribution < -0.4 is 15.7 Å². The number of para-hydroxylation sites is 1. The molecule has 0 saturated carbocycles. The normalized spacial score (nSPS) is 10.9. The van der Waals surface area contributed by atoms with Gasteiger partial charge in [0.1, 0.15) is 11.3 Å². The van der Waals surface area contributed by atoms with Gasteiger partial charge < -0.3 is 14.5 Å². The number of rotatable bonds is 6. The third kappa shape index (κ3) is 4.57. The van der Waals surface area contributed by atoms with Crippen molar-refractivity contribution in [3.63, 3.8) is 0 Å². The van der Waals surface area contributed by atoms with E-state index in [2.05, 4.69) is 5.32 Å². The third-order valence-corrected chi connectivity index (χ3v) is 5.94. The molecule has 0 aliphatic carbocycles. The molecule has 0 atom stereocenters. The Labute approximate surface area is 202 Å². The highest BCUT2D eigenvalue weighted by Crippen LogP contribution is 2.33. The van der Waals surface area contributed by atoms with Gasteiger partial charge in [0.25, 0.3) is 0 Å². The second-order valence-corrected chi connectivity index (χ2v) is 8.14. The van der Waals surface area contributed by atoms with Gasteiger partial charge in [-0.3, -0.25) is 4.79 Å². The Bertz CT molecular complexity index is 1500. The first kappa shape index (κ1) is 22.2. The fourth-order valence-corrected chi connectivity index (χ4v) is 4.23. The van der Waals surface area contributed by atoms with Crippen molar-refractivity contribution in [1.82, 2.24) is 0 Å². The van der Waals surface area contributed by atoms with E-state index in [0.29, 0.717) is 28.1 Å². The Hall–Kier alpha value is -4.64. The predicted octanol–water partition coefficient (Wildman–Crippen LogP) is 6.24. The zero-order chi connectivity index (χ0) is 24.2. The van der Waals surface area contributed by atoms with Gasteiger partial charge in [-0.25, -0.2) is 4.79 Å². The summed E-state index contributed by atoms with van der Waals surface area (Å²) in [5.41, 5.74) is 3.33. The van der Waals surface area contributed by atoms with Crippen LogP contribution in [0.2, 0.25) is 0 Å². The molecule has 5 aromatic rings. The number of methoxy groups -OCH3 is 1. The molecule has 0 bridgehead atoms. The molecule has 35 heavy (non-hydrogen) atoms. The highest BCUT2D eigenvalue weighted by Gasteiger charge is 2.24. The second kappa shape index (κ2) is 9.69. The SMILES string of the molecule is COc1ccc(-c2cc3ccccc3oc2=O)cc1NC(=O)C(c1ccccc1)c1ccccc1. The predicted molar refractivity (Wildman–Crippen MR) is 138 cm³/mol. The number of carbonyl (C=O) groups excluding carboxylic acids is 1. The van der Waals surface area contributed by atoms with E-state index in [9.17, 15) is 9.59 Å². The lowest BCUT2D eigenvalue weighted by molar-refractivity contribution is -0.116. The average Bonchev–Trinajstić information content (AvgIpc) is 2.89. The molecule has 172 valence electrons. The first-order chi connectivity index (χ1) is 17.1. The molecule has 0 unspecified atom stereocenters. The number of benzene rings is 4. The Morgan fingerprint density at radius 1 is 0.800 bits per heavy atom. The Balaban J connectivity index is 1.54. The van der Waals surface area contributed by atoms with Gasteiger partial charge in [-0.05, 0) is 41.0 Å². The fraction of sp³-hybridized carbons (Fsp3) is 0.0667. The number of hydrogen-bond acceptors (Lipinski definition) is 4. The molecule has 0 fully saturated rings. The van der Waals surface area contributed by atoms with Crippen molar-refractivity contribution in [2.75, 3.05) is 12.4 Å². The van der Waals surface area contributed by atoms with Crippen LogP contribution >= 0.6 is 0 Å². The van der Waals surface area contributed by atoms with Gasteiger partial charge in [-0.2, -0.15) is 0 Å². The van der Waals surface area contributed by atoms with Gasteiger partial charge in [0, 0.05) is 5.39 Å². The first-order valence-electron chi connectivity index (χ1n) is 11.3. The summed E-state index contributed by atoms with van der Waals surface area (Å²) >= 11 is 0. The molecule has 4 aromatic carbocycles. The topological polar surface area (TPSA) is 68.5 Å². The number of ether oxygens (including phenoxy) is 1. The van der Waals surface area contributed by atoms with Gasteiger partial charge in [-0.1, -0.05) is 84.9 Å². The molecule has 0 saturated heterocycles. The van der Waals surface area contributed by atoms with Gasteiger partial charge in [-0.15, -0.1) is 0 Å². The van der Waals surface area contributed by atoms with Crippen molar-refractivity contribution in [3.8, 4) is 16.9 Å². The summed E-state index contributed by atoms with van der Waals surface area (Å²) in [7, 11) is 1.54. The molecule has 1 heterocycles. The zero-order valence-electron chi connectivity index (χ0n) is 19.1.